The second-order valence-electron chi connectivity index (χ2n) is 7.80. The molecule has 0 bridgehead atoms. The maximum Gasteiger partial charge on any atom is 0.122 e. The van der Waals surface area contributed by atoms with Crippen molar-refractivity contribution in [1.82, 2.24) is 5.32 Å². The van der Waals surface area contributed by atoms with Crippen LogP contribution in [0.25, 0.3) is 0 Å². The van der Waals surface area contributed by atoms with Gasteiger partial charge in [0.15, 0.2) is 0 Å². The molecular weight excluding hydrogens is 258 g/mol. The van der Waals surface area contributed by atoms with E-state index in [9.17, 15) is 0 Å². The van der Waals surface area contributed by atoms with E-state index in [2.05, 4.69) is 51.2 Å². The highest BCUT2D eigenvalue weighted by atomic mass is 16.5. The quantitative estimate of drug-likeness (QED) is 0.862. The summed E-state index contributed by atoms with van der Waals surface area (Å²) >= 11 is 0. The number of rotatable bonds is 5. The predicted octanol–water partition coefficient (Wildman–Crippen LogP) is 4.49. The second kappa shape index (κ2) is 6.39. The van der Waals surface area contributed by atoms with Crippen molar-refractivity contribution in [3.63, 3.8) is 0 Å². The molecule has 1 saturated carbocycles. The van der Waals surface area contributed by atoms with Crippen molar-refractivity contribution in [1.29, 1.82) is 0 Å². The Morgan fingerprint density at radius 1 is 1.19 bits per heavy atom. The van der Waals surface area contributed by atoms with Gasteiger partial charge in [-0.25, -0.2) is 0 Å². The Morgan fingerprint density at radius 3 is 2.43 bits per heavy atom. The Kier molecular flexibility index (Phi) is 4.98. The van der Waals surface area contributed by atoms with E-state index in [0.717, 1.165) is 18.7 Å². The lowest BCUT2D eigenvalue weighted by molar-refractivity contribution is 0.242. The average molecular weight is 289 g/mol. The molecule has 21 heavy (non-hydrogen) atoms. The molecule has 0 amide bonds. The van der Waals surface area contributed by atoms with Crippen molar-refractivity contribution in [2.75, 3.05) is 13.7 Å². The molecule has 2 rings (SSSR count). The lowest BCUT2D eigenvalue weighted by atomic mass is 9.79. The summed E-state index contributed by atoms with van der Waals surface area (Å²) in [6.07, 6.45) is 6.50. The van der Waals surface area contributed by atoms with E-state index in [4.69, 9.17) is 4.74 Å². The molecule has 1 fully saturated rings. The van der Waals surface area contributed by atoms with Gasteiger partial charge >= 0.3 is 0 Å². The molecule has 0 heterocycles. The van der Waals surface area contributed by atoms with E-state index in [1.807, 2.05) is 0 Å². The van der Waals surface area contributed by atoms with Crippen LogP contribution >= 0.6 is 0 Å². The summed E-state index contributed by atoms with van der Waals surface area (Å²) in [6.45, 7) is 10.0. The summed E-state index contributed by atoms with van der Waals surface area (Å²) in [6, 6.07) is 6.55. The van der Waals surface area contributed by atoms with Gasteiger partial charge < -0.3 is 10.1 Å². The Balaban J connectivity index is 2.18. The first kappa shape index (κ1) is 16.4. The van der Waals surface area contributed by atoms with Crippen molar-refractivity contribution < 1.29 is 4.74 Å². The Bertz CT molecular complexity index is 467. The minimum atomic E-state index is 0.187. The lowest BCUT2D eigenvalue weighted by Gasteiger charge is -2.34. The minimum absolute atomic E-state index is 0.187. The molecular formula is C19H31NO. The zero-order chi connectivity index (χ0) is 15.5. The van der Waals surface area contributed by atoms with E-state index in [-0.39, 0.29) is 5.54 Å². The van der Waals surface area contributed by atoms with Gasteiger partial charge in [0.25, 0.3) is 0 Å². The molecule has 0 aliphatic heterocycles. The third-order valence-electron chi connectivity index (χ3n) is 4.66. The number of aryl methyl sites for hydroxylation is 1. The molecule has 2 heteroatoms. The molecule has 1 aliphatic carbocycles. The number of hydrogen-bond acceptors (Lipinski definition) is 2. The summed E-state index contributed by atoms with van der Waals surface area (Å²) in [4.78, 5) is 0. The molecule has 2 nitrogen and oxygen atoms in total. The molecule has 118 valence electrons. The number of nitrogens with one attached hydrogen (secondary N) is 1. The Labute approximate surface area is 130 Å². The number of methoxy groups -OCH3 is 1. The highest BCUT2D eigenvalue weighted by molar-refractivity contribution is 5.37. The Hall–Kier alpha value is -1.02. The normalized spacial score (nSPS) is 18.0. The molecule has 0 unspecified atom stereocenters. The lowest BCUT2D eigenvalue weighted by Crippen LogP contribution is -2.44. The maximum absolute atomic E-state index is 5.58. The summed E-state index contributed by atoms with van der Waals surface area (Å²) in [5, 5.41) is 3.74. The van der Waals surface area contributed by atoms with Crippen LogP contribution in [-0.4, -0.2) is 19.2 Å². The molecule has 0 spiro atoms. The summed E-state index contributed by atoms with van der Waals surface area (Å²) in [7, 11) is 1.78. The van der Waals surface area contributed by atoms with Gasteiger partial charge in [0.1, 0.15) is 5.75 Å². The molecule has 0 radical (unpaired) electrons. The van der Waals surface area contributed by atoms with Crippen LogP contribution < -0.4 is 10.1 Å². The molecule has 0 saturated heterocycles. The van der Waals surface area contributed by atoms with Crippen molar-refractivity contribution in [3.05, 3.63) is 29.3 Å². The van der Waals surface area contributed by atoms with Gasteiger partial charge in [-0.3, -0.25) is 0 Å². The van der Waals surface area contributed by atoms with Gasteiger partial charge in [-0.15, -0.1) is 0 Å². The largest absolute Gasteiger partial charge is 0.496 e. The van der Waals surface area contributed by atoms with Gasteiger partial charge in [0.05, 0.1) is 7.11 Å². The first-order valence-corrected chi connectivity index (χ1v) is 8.22. The van der Waals surface area contributed by atoms with E-state index >= 15 is 0 Å². The van der Waals surface area contributed by atoms with Crippen molar-refractivity contribution in [2.24, 2.45) is 5.41 Å². The van der Waals surface area contributed by atoms with Crippen LogP contribution in [0.15, 0.2) is 18.2 Å². The van der Waals surface area contributed by atoms with Crippen LogP contribution in [0.3, 0.4) is 0 Å². The summed E-state index contributed by atoms with van der Waals surface area (Å²) < 4.78 is 5.58. The van der Waals surface area contributed by atoms with Gasteiger partial charge in [0.2, 0.25) is 0 Å². The van der Waals surface area contributed by atoms with E-state index in [1.165, 1.54) is 36.8 Å². The number of hydrogen-bond donors (Lipinski definition) is 1. The second-order valence-corrected chi connectivity index (χ2v) is 7.80. The fraction of sp³-hybridized carbons (Fsp3) is 0.684. The van der Waals surface area contributed by atoms with Crippen molar-refractivity contribution in [2.45, 2.75) is 65.3 Å². The van der Waals surface area contributed by atoms with Crippen LogP contribution in [0.5, 0.6) is 5.75 Å². The number of ether oxygens (including phenoxy) is 1. The first-order chi connectivity index (χ1) is 9.84. The zero-order valence-electron chi connectivity index (χ0n) is 14.4. The fourth-order valence-electron chi connectivity index (χ4n) is 3.44. The maximum atomic E-state index is 5.58. The Morgan fingerprint density at radius 2 is 1.86 bits per heavy atom. The minimum Gasteiger partial charge on any atom is -0.496 e. The van der Waals surface area contributed by atoms with E-state index in [1.54, 1.807) is 7.11 Å². The SMILES string of the molecule is COc1ccc(C)cc1CC1(CNC(C)(C)C)CCCC1. The number of benzene rings is 1. The third kappa shape index (κ3) is 4.47. The molecule has 0 atom stereocenters. The topological polar surface area (TPSA) is 21.3 Å². The van der Waals surface area contributed by atoms with Crippen molar-refractivity contribution in [3.8, 4) is 5.75 Å². The first-order valence-electron chi connectivity index (χ1n) is 8.22. The van der Waals surface area contributed by atoms with Crippen LogP contribution in [0.4, 0.5) is 0 Å². The van der Waals surface area contributed by atoms with Crippen LogP contribution in [0.1, 0.15) is 57.6 Å². The molecule has 1 aliphatic rings. The van der Waals surface area contributed by atoms with E-state index in [0.29, 0.717) is 5.41 Å². The fourth-order valence-corrected chi connectivity index (χ4v) is 3.44. The zero-order valence-corrected chi connectivity index (χ0v) is 14.4. The van der Waals surface area contributed by atoms with Gasteiger partial charge in [-0.2, -0.15) is 0 Å². The van der Waals surface area contributed by atoms with Crippen molar-refractivity contribution >= 4 is 0 Å². The average Bonchev–Trinajstić information content (AvgIpc) is 2.85. The molecule has 1 aromatic rings. The predicted molar refractivity (Wildman–Crippen MR) is 90.1 cm³/mol. The standard InChI is InChI=1S/C19H31NO/c1-15-8-9-17(21-5)16(12-15)13-19(10-6-7-11-19)14-20-18(2,3)4/h8-9,12,20H,6-7,10-11,13-14H2,1-5H3. The highest BCUT2D eigenvalue weighted by Crippen LogP contribution is 2.42. The van der Waals surface area contributed by atoms with Crippen LogP contribution in [-0.2, 0) is 6.42 Å². The molecule has 0 aromatic heterocycles. The van der Waals surface area contributed by atoms with Crippen LogP contribution in [0, 0.1) is 12.3 Å². The van der Waals surface area contributed by atoms with Crippen LogP contribution in [0.2, 0.25) is 0 Å². The highest BCUT2D eigenvalue weighted by Gasteiger charge is 2.35. The van der Waals surface area contributed by atoms with Gasteiger partial charge in [0, 0.05) is 12.1 Å². The van der Waals surface area contributed by atoms with Gasteiger partial charge in [-0.1, -0.05) is 30.5 Å². The third-order valence-corrected chi connectivity index (χ3v) is 4.66. The van der Waals surface area contributed by atoms with E-state index < -0.39 is 0 Å². The molecule has 1 N–H and O–H groups in total. The summed E-state index contributed by atoms with van der Waals surface area (Å²) in [5.41, 5.74) is 3.28. The smallest absolute Gasteiger partial charge is 0.122 e. The summed E-state index contributed by atoms with van der Waals surface area (Å²) in [5.74, 6) is 1.04. The monoisotopic (exact) mass is 289 g/mol. The molecule has 1 aromatic carbocycles. The van der Waals surface area contributed by atoms with Gasteiger partial charge in [-0.05, 0) is 64.0 Å².